The molecule has 1 atom stereocenters. The van der Waals surface area contributed by atoms with Crippen molar-refractivity contribution in [3.63, 3.8) is 0 Å². The summed E-state index contributed by atoms with van der Waals surface area (Å²) in [6.45, 7) is 0. The first-order valence-corrected chi connectivity index (χ1v) is 6.42. The van der Waals surface area contributed by atoms with Crippen molar-refractivity contribution in [2.24, 2.45) is 4.99 Å². The van der Waals surface area contributed by atoms with Crippen molar-refractivity contribution in [1.29, 1.82) is 0 Å². The zero-order chi connectivity index (χ0) is 12.1. The van der Waals surface area contributed by atoms with Crippen molar-refractivity contribution >= 4 is 31.9 Å². The van der Waals surface area contributed by atoms with Crippen molar-refractivity contribution < 1.29 is 0 Å². The molecule has 0 saturated heterocycles. The first-order valence-electron chi connectivity index (χ1n) is 5.18. The van der Waals surface area contributed by atoms with E-state index in [1.807, 2.05) is 42.5 Å². The number of rotatable bonds is 3. The molecule has 2 aromatic carbocycles. The molecule has 1 nitrogen and oxygen atoms in total. The van der Waals surface area contributed by atoms with E-state index in [4.69, 9.17) is 11.6 Å². The van der Waals surface area contributed by atoms with E-state index in [-0.39, 0.29) is 6.04 Å². The minimum absolute atomic E-state index is 0.0327. The molecule has 0 bridgehead atoms. The minimum atomic E-state index is -0.0327. The second-order valence-electron chi connectivity index (χ2n) is 3.59. The van der Waals surface area contributed by atoms with Gasteiger partial charge in [-0.1, -0.05) is 0 Å². The van der Waals surface area contributed by atoms with Gasteiger partial charge in [-0.25, -0.2) is 0 Å². The molecule has 0 saturated carbocycles. The zero-order valence-corrected chi connectivity index (χ0v) is 11.5. The van der Waals surface area contributed by atoms with Crippen molar-refractivity contribution in [2.75, 3.05) is 0 Å². The van der Waals surface area contributed by atoms with E-state index in [9.17, 15) is 0 Å². The quantitative estimate of drug-likeness (QED) is 0.608. The van der Waals surface area contributed by atoms with Crippen LogP contribution in [0.15, 0.2) is 59.6 Å². The van der Waals surface area contributed by atoms with Crippen LogP contribution >= 0.6 is 11.6 Å². The van der Waals surface area contributed by atoms with E-state index >= 15 is 0 Å². The summed E-state index contributed by atoms with van der Waals surface area (Å²) in [5.41, 5.74) is 2.24. The molecule has 0 aromatic heterocycles. The number of benzene rings is 2. The Morgan fingerprint density at radius 1 is 0.941 bits per heavy atom. The molecule has 1 unspecified atom stereocenters. The van der Waals surface area contributed by atoms with Gasteiger partial charge in [-0.05, 0) is 0 Å². The second-order valence-corrected chi connectivity index (χ2v) is 4.40. The number of nitrogens with zero attached hydrogens (tertiary/aromatic N) is 1. The fraction of sp³-hybridized carbons (Fsp3) is 0.0714. The van der Waals surface area contributed by atoms with Crippen LogP contribution in [0.4, 0.5) is 0 Å². The van der Waals surface area contributed by atoms with Gasteiger partial charge in [0.25, 0.3) is 0 Å². The topological polar surface area (TPSA) is 12.4 Å². The molecule has 0 aliphatic carbocycles. The summed E-state index contributed by atoms with van der Waals surface area (Å²) in [4.78, 5) is 4.35. The molecular weight excluding hydrogens is 297 g/mol. The Bertz CT molecular complexity index is 530. The fourth-order valence-corrected chi connectivity index (χ4v) is 2.02. The van der Waals surface area contributed by atoms with E-state index in [0.29, 0.717) is 0 Å². The number of halogens is 1. The summed E-state index contributed by atoms with van der Waals surface area (Å²) in [6.07, 6.45) is 0. The third-order valence-electron chi connectivity index (χ3n) is 2.48. The number of hydrogen-bond acceptors (Lipinski definition) is 1. The van der Waals surface area contributed by atoms with E-state index in [1.54, 1.807) is 0 Å². The maximum atomic E-state index is 5.89. The van der Waals surface area contributed by atoms with Crippen LogP contribution in [0, 0.1) is 0 Å². The number of hydrogen-bond donors (Lipinski definition) is 0. The average Bonchev–Trinajstić information content (AvgIpc) is 2.38. The molecule has 3 heteroatoms. The van der Waals surface area contributed by atoms with E-state index in [0.717, 1.165) is 16.1 Å². The Kier molecular flexibility index (Phi) is 4.30. The first kappa shape index (κ1) is 12.3. The molecule has 84 valence electrons. The Balaban J connectivity index is 2.42. The molecule has 17 heavy (non-hydrogen) atoms. The Morgan fingerprint density at radius 2 is 1.53 bits per heavy atom. The summed E-state index contributed by atoms with van der Waals surface area (Å²) in [7, 11) is 0. The molecule has 0 fully saturated rings. The number of aliphatic imine (C=N–C) groups is 1. The van der Waals surface area contributed by atoms with Crippen LogP contribution in [0.5, 0.6) is 0 Å². The van der Waals surface area contributed by atoms with Gasteiger partial charge in [-0.15, -0.1) is 0 Å². The standard InChI is InChI=1S/C14H10ClNSe/c15-13-8-6-12(7-9-13)14(16-10-17)11-4-2-1-3-5-11/h1-9,14H. The molecule has 0 amide bonds. The van der Waals surface area contributed by atoms with Crippen LogP contribution < -0.4 is 0 Å². The monoisotopic (exact) mass is 307 g/mol. The molecule has 2 rings (SSSR count). The van der Waals surface area contributed by atoms with Gasteiger partial charge in [0, 0.05) is 0 Å². The van der Waals surface area contributed by atoms with Gasteiger partial charge in [-0.2, -0.15) is 0 Å². The van der Waals surface area contributed by atoms with Gasteiger partial charge in [0.15, 0.2) is 0 Å². The summed E-state index contributed by atoms with van der Waals surface area (Å²) in [5, 5.41) is 0.733. The van der Waals surface area contributed by atoms with Crippen LogP contribution in [-0.2, 0) is 0 Å². The predicted molar refractivity (Wildman–Crippen MR) is 72.9 cm³/mol. The normalized spacial score (nSPS) is 11.6. The second kappa shape index (κ2) is 5.95. The molecule has 0 aliphatic heterocycles. The van der Waals surface area contributed by atoms with Gasteiger partial charge in [-0.3, -0.25) is 0 Å². The predicted octanol–water partition coefficient (Wildman–Crippen LogP) is 3.50. The summed E-state index contributed by atoms with van der Waals surface area (Å²) >= 11 is 8.57. The van der Waals surface area contributed by atoms with Crippen molar-refractivity contribution in [3.8, 4) is 0 Å². The Morgan fingerprint density at radius 3 is 2.12 bits per heavy atom. The Labute approximate surface area is 114 Å². The van der Waals surface area contributed by atoms with Crippen LogP contribution in [0.25, 0.3) is 0 Å². The van der Waals surface area contributed by atoms with E-state index in [1.165, 1.54) is 0 Å². The molecule has 0 spiro atoms. The molecular formula is C14H10ClNSe. The molecule has 0 heterocycles. The fourth-order valence-electron chi connectivity index (χ4n) is 1.67. The van der Waals surface area contributed by atoms with Crippen LogP contribution in [0.3, 0.4) is 0 Å². The summed E-state index contributed by atoms with van der Waals surface area (Å²) in [6, 6.07) is 17.8. The van der Waals surface area contributed by atoms with Gasteiger partial charge in [0.2, 0.25) is 0 Å². The van der Waals surface area contributed by atoms with Gasteiger partial charge >= 0.3 is 114 Å². The molecule has 2 aromatic rings. The SMILES string of the molecule is Clc1ccc(C(N=C=[Se])c2ccccc2)cc1. The third-order valence-corrected chi connectivity index (χ3v) is 2.96. The van der Waals surface area contributed by atoms with Crippen LogP contribution in [0.1, 0.15) is 17.2 Å². The Hall–Kier alpha value is -1.17. The zero-order valence-electron chi connectivity index (χ0n) is 9.01. The first-order chi connectivity index (χ1) is 8.31. The van der Waals surface area contributed by atoms with Crippen molar-refractivity contribution in [2.45, 2.75) is 6.04 Å². The molecule has 0 radical (unpaired) electrons. The van der Waals surface area contributed by atoms with E-state index in [2.05, 4.69) is 37.4 Å². The van der Waals surface area contributed by atoms with E-state index < -0.39 is 0 Å². The van der Waals surface area contributed by atoms with Crippen LogP contribution in [-0.4, -0.2) is 20.3 Å². The molecule has 0 aliphatic rings. The summed E-state index contributed by atoms with van der Waals surface area (Å²) < 4.78 is 2.75. The average molecular weight is 307 g/mol. The van der Waals surface area contributed by atoms with Gasteiger partial charge in [0.05, 0.1) is 0 Å². The summed E-state index contributed by atoms with van der Waals surface area (Å²) in [5.74, 6) is 0. The van der Waals surface area contributed by atoms with Crippen LogP contribution in [0.2, 0.25) is 5.02 Å². The van der Waals surface area contributed by atoms with Crippen molar-refractivity contribution in [1.82, 2.24) is 0 Å². The van der Waals surface area contributed by atoms with Gasteiger partial charge in [0.1, 0.15) is 0 Å². The van der Waals surface area contributed by atoms with Gasteiger partial charge < -0.3 is 0 Å². The molecule has 0 N–H and O–H groups in total. The maximum absolute atomic E-state index is 5.89. The van der Waals surface area contributed by atoms with Crippen molar-refractivity contribution in [3.05, 3.63) is 70.7 Å². The third kappa shape index (κ3) is 3.15.